The van der Waals surface area contributed by atoms with Crippen molar-refractivity contribution in [2.75, 3.05) is 0 Å². The molecule has 1 aromatic heterocycles. The van der Waals surface area contributed by atoms with Gasteiger partial charge >= 0.3 is 0 Å². The molecule has 3 nitrogen and oxygen atoms in total. The molecule has 2 aromatic rings. The molecule has 1 aromatic carbocycles. The topological polar surface area (TPSA) is 29.9 Å². The van der Waals surface area contributed by atoms with Crippen LogP contribution in [0.15, 0.2) is 30.3 Å². The van der Waals surface area contributed by atoms with Crippen molar-refractivity contribution in [2.24, 2.45) is 7.05 Å². The maximum Gasteiger partial charge on any atom is 0.0597 e. The van der Waals surface area contributed by atoms with Gasteiger partial charge in [0.05, 0.1) is 11.4 Å². The minimum absolute atomic E-state index is 0.571. The molecule has 2 rings (SSSR count). The van der Waals surface area contributed by atoms with E-state index in [4.69, 9.17) is 11.6 Å². The van der Waals surface area contributed by atoms with Gasteiger partial charge in [0.25, 0.3) is 0 Å². The van der Waals surface area contributed by atoms with Crippen LogP contribution < -0.4 is 5.32 Å². The van der Waals surface area contributed by atoms with Crippen molar-refractivity contribution in [2.45, 2.75) is 25.9 Å². The number of rotatable bonds is 5. The van der Waals surface area contributed by atoms with Gasteiger partial charge in [-0.2, -0.15) is 5.10 Å². The lowest BCUT2D eigenvalue weighted by molar-refractivity contribution is 0.624. The van der Waals surface area contributed by atoms with Crippen LogP contribution in [0.4, 0.5) is 0 Å². The van der Waals surface area contributed by atoms with Crippen LogP contribution in [0.5, 0.6) is 0 Å². The van der Waals surface area contributed by atoms with Crippen molar-refractivity contribution in [1.29, 1.82) is 0 Å². The fraction of sp³-hybridized carbons (Fsp3) is 0.357. The molecule has 0 saturated heterocycles. The molecular formula is C14H18ClN3. The normalized spacial score (nSPS) is 10.8. The van der Waals surface area contributed by atoms with Gasteiger partial charge in [-0.05, 0) is 24.1 Å². The second kappa shape index (κ2) is 6.03. The zero-order valence-corrected chi connectivity index (χ0v) is 11.5. The highest BCUT2D eigenvalue weighted by molar-refractivity contribution is 6.17. The van der Waals surface area contributed by atoms with Gasteiger partial charge in [-0.1, -0.05) is 24.3 Å². The Balaban J connectivity index is 1.86. The molecule has 0 saturated carbocycles. The monoisotopic (exact) mass is 263 g/mol. The summed E-state index contributed by atoms with van der Waals surface area (Å²) in [6.45, 7) is 3.69. The Labute approximate surface area is 113 Å². The van der Waals surface area contributed by atoms with Gasteiger partial charge in [0.1, 0.15) is 0 Å². The maximum absolute atomic E-state index is 5.76. The molecule has 0 atom stereocenters. The summed E-state index contributed by atoms with van der Waals surface area (Å²) in [7, 11) is 1.97. The molecule has 0 bridgehead atoms. The Morgan fingerprint density at radius 2 is 1.83 bits per heavy atom. The van der Waals surface area contributed by atoms with E-state index in [0.29, 0.717) is 5.88 Å². The van der Waals surface area contributed by atoms with E-state index in [9.17, 15) is 0 Å². The first-order chi connectivity index (χ1) is 8.69. The minimum atomic E-state index is 0.571. The van der Waals surface area contributed by atoms with Crippen molar-refractivity contribution in [1.82, 2.24) is 15.1 Å². The van der Waals surface area contributed by atoms with E-state index in [-0.39, 0.29) is 0 Å². The number of hydrogen-bond donors (Lipinski definition) is 1. The average Bonchev–Trinajstić information content (AvgIpc) is 2.69. The number of halogens is 1. The lowest BCUT2D eigenvalue weighted by Gasteiger charge is -2.06. The van der Waals surface area contributed by atoms with Crippen LogP contribution in [-0.2, 0) is 26.0 Å². The van der Waals surface area contributed by atoms with Crippen molar-refractivity contribution in [3.8, 4) is 0 Å². The Morgan fingerprint density at radius 3 is 2.39 bits per heavy atom. The number of alkyl halides is 1. The number of benzene rings is 1. The molecule has 96 valence electrons. The first-order valence-electron chi connectivity index (χ1n) is 6.03. The Hall–Kier alpha value is -1.32. The van der Waals surface area contributed by atoms with Crippen LogP contribution in [0.1, 0.15) is 22.5 Å². The Kier molecular flexibility index (Phi) is 4.39. The van der Waals surface area contributed by atoms with E-state index in [1.54, 1.807) is 0 Å². The Morgan fingerprint density at radius 1 is 1.17 bits per heavy atom. The highest BCUT2D eigenvalue weighted by Crippen LogP contribution is 2.07. The zero-order valence-electron chi connectivity index (χ0n) is 10.8. The second-order valence-corrected chi connectivity index (χ2v) is 4.72. The predicted molar refractivity (Wildman–Crippen MR) is 74.5 cm³/mol. The summed E-state index contributed by atoms with van der Waals surface area (Å²) in [5.74, 6) is 0.571. The predicted octanol–water partition coefficient (Wildman–Crippen LogP) is 2.76. The number of nitrogens with one attached hydrogen (secondary N) is 1. The van der Waals surface area contributed by atoms with Crippen LogP contribution >= 0.6 is 11.6 Å². The number of nitrogens with zero attached hydrogens (tertiary/aromatic N) is 2. The summed E-state index contributed by atoms with van der Waals surface area (Å²) in [4.78, 5) is 0. The largest absolute Gasteiger partial charge is 0.307 e. The van der Waals surface area contributed by atoms with Gasteiger partial charge in [-0.3, -0.25) is 4.68 Å². The molecule has 1 N–H and O–H groups in total. The smallest absolute Gasteiger partial charge is 0.0597 e. The average molecular weight is 264 g/mol. The maximum atomic E-state index is 5.76. The summed E-state index contributed by atoms with van der Waals surface area (Å²) in [6.07, 6.45) is 0. The van der Waals surface area contributed by atoms with Crippen molar-refractivity contribution >= 4 is 11.6 Å². The number of aryl methyl sites for hydroxylation is 2. The third kappa shape index (κ3) is 3.34. The summed E-state index contributed by atoms with van der Waals surface area (Å²) in [5, 5.41) is 7.74. The third-order valence-electron chi connectivity index (χ3n) is 2.91. The molecular weight excluding hydrogens is 246 g/mol. The highest BCUT2D eigenvalue weighted by Gasteiger charge is 2.01. The summed E-state index contributed by atoms with van der Waals surface area (Å²) in [6, 6.07) is 10.5. The van der Waals surface area contributed by atoms with E-state index >= 15 is 0 Å². The van der Waals surface area contributed by atoms with E-state index < -0.39 is 0 Å². The van der Waals surface area contributed by atoms with Crippen LogP contribution in [0.2, 0.25) is 0 Å². The minimum Gasteiger partial charge on any atom is -0.307 e. The van der Waals surface area contributed by atoms with Gasteiger partial charge in [0, 0.05) is 26.0 Å². The molecule has 0 radical (unpaired) electrons. The molecule has 0 aliphatic carbocycles. The van der Waals surface area contributed by atoms with Crippen LogP contribution in [0, 0.1) is 6.92 Å². The first-order valence-corrected chi connectivity index (χ1v) is 6.56. The van der Waals surface area contributed by atoms with Crippen molar-refractivity contribution < 1.29 is 0 Å². The zero-order chi connectivity index (χ0) is 13.0. The second-order valence-electron chi connectivity index (χ2n) is 4.45. The first kappa shape index (κ1) is 13.1. The molecule has 0 amide bonds. The van der Waals surface area contributed by atoms with Crippen LogP contribution in [0.25, 0.3) is 0 Å². The molecule has 0 aliphatic heterocycles. The molecule has 0 spiro atoms. The fourth-order valence-electron chi connectivity index (χ4n) is 1.91. The summed E-state index contributed by atoms with van der Waals surface area (Å²) < 4.78 is 1.92. The molecule has 18 heavy (non-hydrogen) atoms. The third-order valence-corrected chi connectivity index (χ3v) is 3.22. The van der Waals surface area contributed by atoms with Crippen molar-refractivity contribution in [3.63, 3.8) is 0 Å². The van der Waals surface area contributed by atoms with Gasteiger partial charge in [-0.15, -0.1) is 11.6 Å². The SMILES string of the molecule is Cc1cc(CNCc2ccc(CCl)cc2)n(C)n1. The summed E-state index contributed by atoms with van der Waals surface area (Å²) >= 11 is 5.76. The van der Waals surface area contributed by atoms with Gasteiger partial charge in [-0.25, -0.2) is 0 Å². The van der Waals surface area contributed by atoms with Gasteiger partial charge < -0.3 is 5.32 Å². The van der Waals surface area contributed by atoms with Crippen molar-refractivity contribution in [3.05, 3.63) is 52.8 Å². The highest BCUT2D eigenvalue weighted by atomic mass is 35.5. The number of hydrogen-bond acceptors (Lipinski definition) is 2. The fourth-order valence-corrected chi connectivity index (χ4v) is 2.09. The molecule has 0 unspecified atom stereocenters. The molecule has 0 fully saturated rings. The summed E-state index contributed by atoms with van der Waals surface area (Å²) in [5.41, 5.74) is 4.68. The van der Waals surface area contributed by atoms with Gasteiger partial charge in [0.15, 0.2) is 0 Å². The van der Waals surface area contributed by atoms with Gasteiger partial charge in [0.2, 0.25) is 0 Å². The molecule has 0 aliphatic rings. The van der Waals surface area contributed by atoms with E-state index in [1.165, 1.54) is 11.3 Å². The molecule has 4 heteroatoms. The quantitative estimate of drug-likeness (QED) is 0.841. The van der Waals surface area contributed by atoms with Crippen LogP contribution in [0.3, 0.4) is 0 Å². The Bertz CT molecular complexity index is 502. The lowest BCUT2D eigenvalue weighted by atomic mass is 10.1. The lowest BCUT2D eigenvalue weighted by Crippen LogP contribution is -2.15. The van der Waals surface area contributed by atoms with E-state index in [1.807, 2.05) is 18.7 Å². The van der Waals surface area contributed by atoms with E-state index in [0.717, 1.165) is 24.3 Å². The van der Waals surface area contributed by atoms with Crippen LogP contribution in [-0.4, -0.2) is 9.78 Å². The standard InChI is InChI=1S/C14H18ClN3/c1-11-7-14(18(2)17-11)10-16-9-13-5-3-12(8-15)4-6-13/h3-7,16H,8-10H2,1-2H3. The number of aromatic nitrogens is 2. The molecule has 1 heterocycles. The van der Waals surface area contributed by atoms with E-state index in [2.05, 4.69) is 40.7 Å².